The maximum absolute atomic E-state index is 11.0. The molecule has 1 fully saturated rings. The molecule has 0 spiro atoms. The second-order valence-corrected chi connectivity index (χ2v) is 3.78. The van der Waals surface area contributed by atoms with Crippen molar-refractivity contribution < 1.29 is 4.79 Å². The smallest absolute Gasteiger partial charge is 0.315 e. The summed E-state index contributed by atoms with van der Waals surface area (Å²) in [6.07, 6.45) is 6.04. The van der Waals surface area contributed by atoms with Crippen molar-refractivity contribution in [3.05, 3.63) is 0 Å². The minimum absolute atomic E-state index is 0.163. The SMILES string of the molecule is C#CCNC(=O)NC1CC1(C)C. The lowest BCUT2D eigenvalue weighted by atomic mass is 10.2. The molecule has 0 aromatic carbocycles. The zero-order valence-corrected chi connectivity index (χ0v) is 7.48. The van der Waals surface area contributed by atoms with Gasteiger partial charge in [-0.3, -0.25) is 0 Å². The van der Waals surface area contributed by atoms with Crippen molar-refractivity contribution in [1.29, 1.82) is 0 Å². The lowest BCUT2D eigenvalue weighted by Gasteiger charge is -2.06. The number of hydrogen-bond donors (Lipinski definition) is 2. The second-order valence-electron chi connectivity index (χ2n) is 3.78. The monoisotopic (exact) mass is 166 g/mol. The van der Waals surface area contributed by atoms with Crippen LogP contribution in [0.2, 0.25) is 0 Å². The van der Waals surface area contributed by atoms with Gasteiger partial charge in [-0.05, 0) is 11.8 Å². The lowest BCUT2D eigenvalue weighted by Crippen LogP contribution is -2.38. The van der Waals surface area contributed by atoms with Crippen LogP contribution in [-0.2, 0) is 0 Å². The zero-order chi connectivity index (χ0) is 9.19. The van der Waals surface area contributed by atoms with E-state index in [1.807, 2.05) is 0 Å². The third-order valence-electron chi connectivity index (χ3n) is 2.17. The molecule has 12 heavy (non-hydrogen) atoms. The summed E-state index contributed by atoms with van der Waals surface area (Å²) in [7, 11) is 0. The largest absolute Gasteiger partial charge is 0.335 e. The van der Waals surface area contributed by atoms with Gasteiger partial charge in [-0.25, -0.2) is 4.79 Å². The minimum atomic E-state index is -0.163. The quantitative estimate of drug-likeness (QED) is 0.583. The Hall–Kier alpha value is -1.17. The molecule has 3 heteroatoms. The van der Waals surface area contributed by atoms with Crippen LogP contribution in [0.4, 0.5) is 4.79 Å². The van der Waals surface area contributed by atoms with Crippen molar-refractivity contribution in [1.82, 2.24) is 10.6 Å². The highest BCUT2D eigenvalue weighted by molar-refractivity contribution is 5.75. The van der Waals surface area contributed by atoms with Crippen LogP contribution in [0, 0.1) is 17.8 Å². The van der Waals surface area contributed by atoms with Gasteiger partial charge in [0.15, 0.2) is 0 Å². The van der Waals surface area contributed by atoms with E-state index in [0.29, 0.717) is 12.6 Å². The van der Waals surface area contributed by atoms with E-state index in [2.05, 4.69) is 30.4 Å². The number of urea groups is 1. The first-order valence-corrected chi connectivity index (χ1v) is 4.04. The molecule has 2 amide bonds. The molecular weight excluding hydrogens is 152 g/mol. The number of carbonyl (C=O) groups excluding carboxylic acids is 1. The molecule has 0 saturated heterocycles. The second kappa shape index (κ2) is 3.06. The number of hydrogen-bond acceptors (Lipinski definition) is 1. The van der Waals surface area contributed by atoms with Crippen LogP contribution in [0.1, 0.15) is 20.3 Å². The van der Waals surface area contributed by atoms with Crippen molar-refractivity contribution in [2.75, 3.05) is 6.54 Å². The summed E-state index contributed by atoms with van der Waals surface area (Å²) in [5, 5.41) is 5.39. The summed E-state index contributed by atoms with van der Waals surface area (Å²) in [6, 6.07) is 0.152. The maximum atomic E-state index is 11.0. The zero-order valence-electron chi connectivity index (χ0n) is 7.48. The molecule has 1 unspecified atom stereocenters. The molecule has 1 saturated carbocycles. The molecule has 0 radical (unpaired) electrons. The summed E-state index contributed by atoms with van der Waals surface area (Å²) >= 11 is 0. The standard InChI is InChI=1S/C9H14N2O/c1-4-5-10-8(12)11-7-6-9(7,2)3/h1,7H,5-6H2,2-3H3,(H2,10,11,12). The topological polar surface area (TPSA) is 41.1 Å². The molecular formula is C9H14N2O. The van der Waals surface area contributed by atoms with Crippen LogP contribution < -0.4 is 10.6 Å². The molecule has 0 aliphatic heterocycles. The van der Waals surface area contributed by atoms with E-state index in [-0.39, 0.29) is 11.4 Å². The van der Waals surface area contributed by atoms with Gasteiger partial charge in [0, 0.05) is 6.04 Å². The Morgan fingerprint density at radius 2 is 2.33 bits per heavy atom. The average molecular weight is 166 g/mol. The predicted octanol–water partition coefficient (Wildman–Crippen LogP) is 0.717. The number of nitrogens with one attached hydrogen (secondary N) is 2. The molecule has 0 aromatic rings. The Kier molecular flexibility index (Phi) is 2.27. The normalized spacial score (nSPS) is 23.9. The van der Waals surface area contributed by atoms with E-state index >= 15 is 0 Å². The Morgan fingerprint density at radius 1 is 1.75 bits per heavy atom. The van der Waals surface area contributed by atoms with Crippen LogP contribution >= 0.6 is 0 Å². The Labute approximate surface area is 72.9 Å². The fraction of sp³-hybridized carbons (Fsp3) is 0.667. The predicted molar refractivity (Wildman–Crippen MR) is 47.6 cm³/mol. The Bertz CT molecular complexity index is 227. The summed E-state index contributed by atoms with van der Waals surface area (Å²) < 4.78 is 0. The molecule has 3 nitrogen and oxygen atoms in total. The highest BCUT2D eigenvalue weighted by Crippen LogP contribution is 2.44. The van der Waals surface area contributed by atoms with E-state index in [0.717, 1.165) is 6.42 Å². The van der Waals surface area contributed by atoms with Crippen LogP contribution in [0.5, 0.6) is 0 Å². The van der Waals surface area contributed by atoms with E-state index < -0.39 is 0 Å². The van der Waals surface area contributed by atoms with E-state index in [9.17, 15) is 4.79 Å². The first kappa shape index (κ1) is 8.92. The molecule has 1 aliphatic rings. The van der Waals surface area contributed by atoms with Crippen molar-refractivity contribution in [3.63, 3.8) is 0 Å². The maximum Gasteiger partial charge on any atom is 0.315 e. The van der Waals surface area contributed by atoms with Gasteiger partial charge in [-0.2, -0.15) is 0 Å². The van der Waals surface area contributed by atoms with Crippen molar-refractivity contribution >= 4 is 6.03 Å². The third kappa shape index (κ3) is 2.16. The van der Waals surface area contributed by atoms with Gasteiger partial charge in [-0.15, -0.1) is 6.42 Å². The van der Waals surface area contributed by atoms with Crippen LogP contribution in [0.25, 0.3) is 0 Å². The highest BCUT2D eigenvalue weighted by Gasteiger charge is 2.46. The van der Waals surface area contributed by atoms with Gasteiger partial charge in [-0.1, -0.05) is 19.8 Å². The Morgan fingerprint density at radius 3 is 2.75 bits per heavy atom. The van der Waals surface area contributed by atoms with Gasteiger partial charge in [0.2, 0.25) is 0 Å². The molecule has 66 valence electrons. The van der Waals surface area contributed by atoms with E-state index in [1.165, 1.54) is 0 Å². The molecule has 1 atom stereocenters. The van der Waals surface area contributed by atoms with Crippen LogP contribution in [0.3, 0.4) is 0 Å². The van der Waals surface area contributed by atoms with Crippen molar-refractivity contribution in [2.24, 2.45) is 5.41 Å². The molecule has 0 aromatic heterocycles. The molecule has 2 N–H and O–H groups in total. The van der Waals surface area contributed by atoms with Gasteiger partial charge in [0.25, 0.3) is 0 Å². The Balaban J connectivity index is 2.17. The van der Waals surface area contributed by atoms with Gasteiger partial charge in [0.05, 0.1) is 6.54 Å². The summed E-state index contributed by atoms with van der Waals surface area (Å²) in [6.45, 7) is 4.54. The number of carbonyl (C=O) groups is 1. The van der Waals surface area contributed by atoms with Gasteiger partial charge >= 0.3 is 6.03 Å². The van der Waals surface area contributed by atoms with Crippen LogP contribution in [-0.4, -0.2) is 18.6 Å². The molecule has 1 aliphatic carbocycles. The summed E-state index contributed by atoms with van der Waals surface area (Å²) in [5.41, 5.74) is 0.271. The van der Waals surface area contributed by atoms with Crippen LogP contribution in [0.15, 0.2) is 0 Å². The number of rotatable bonds is 2. The van der Waals surface area contributed by atoms with Gasteiger partial charge < -0.3 is 10.6 Å². The average Bonchev–Trinajstić information content (AvgIpc) is 2.54. The highest BCUT2D eigenvalue weighted by atomic mass is 16.2. The van der Waals surface area contributed by atoms with Gasteiger partial charge in [0.1, 0.15) is 0 Å². The minimum Gasteiger partial charge on any atom is -0.335 e. The third-order valence-corrected chi connectivity index (χ3v) is 2.17. The molecule has 0 heterocycles. The van der Waals surface area contributed by atoms with E-state index in [1.54, 1.807) is 0 Å². The first-order chi connectivity index (χ1) is 5.56. The molecule has 0 bridgehead atoms. The van der Waals surface area contributed by atoms with Crippen molar-refractivity contribution in [2.45, 2.75) is 26.3 Å². The number of terminal acetylenes is 1. The fourth-order valence-corrected chi connectivity index (χ4v) is 1.05. The fourth-order valence-electron chi connectivity index (χ4n) is 1.05. The molecule has 1 rings (SSSR count). The van der Waals surface area contributed by atoms with E-state index in [4.69, 9.17) is 6.42 Å². The number of amides is 2. The summed E-state index contributed by atoms with van der Waals surface area (Å²) in [5.74, 6) is 2.34. The summed E-state index contributed by atoms with van der Waals surface area (Å²) in [4.78, 5) is 11.0. The van der Waals surface area contributed by atoms with Crippen molar-refractivity contribution in [3.8, 4) is 12.3 Å². The lowest BCUT2D eigenvalue weighted by molar-refractivity contribution is 0.240. The first-order valence-electron chi connectivity index (χ1n) is 4.04.